The summed E-state index contributed by atoms with van der Waals surface area (Å²) in [5.41, 5.74) is 6.98. The molecule has 0 heterocycles. The lowest BCUT2D eigenvalue weighted by Crippen LogP contribution is -2.40. The van der Waals surface area contributed by atoms with Gasteiger partial charge in [-0.1, -0.05) is 39.2 Å². The molecular weight excluding hydrogens is 282 g/mol. The Hall–Kier alpha value is -1.49. The highest BCUT2D eigenvalue weighted by atomic mass is 32.1. The van der Waals surface area contributed by atoms with Crippen LogP contribution in [0.4, 0.5) is 5.69 Å². The van der Waals surface area contributed by atoms with Crippen molar-refractivity contribution in [2.75, 3.05) is 19.1 Å². The van der Waals surface area contributed by atoms with E-state index in [4.69, 9.17) is 17.0 Å². The first kappa shape index (κ1) is 17.6. The molecule has 0 fully saturated rings. The molecule has 5 heteroatoms. The fraction of sp³-hybridized carbons (Fsp3) is 0.562. The number of hydrogen-bond acceptors (Lipinski definition) is 3. The molecule has 0 bridgehead atoms. The van der Waals surface area contributed by atoms with E-state index in [-0.39, 0.29) is 0 Å². The minimum absolute atomic E-state index is 0.618. The zero-order valence-electron chi connectivity index (χ0n) is 13.2. The number of thiocarbonyl (C=S) groups is 1. The summed E-state index contributed by atoms with van der Waals surface area (Å²) in [4.78, 5) is 0. The second-order valence-electron chi connectivity index (χ2n) is 5.11. The van der Waals surface area contributed by atoms with Crippen LogP contribution in [0.2, 0.25) is 0 Å². The van der Waals surface area contributed by atoms with Gasteiger partial charge in [0.25, 0.3) is 0 Å². The summed E-state index contributed by atoms with van der Waals surface area (Å²) in [5.74, 6) is 1.49. The third kappa shape index (κ3) is 7.18. The maximum absolute atomic E-state index is 5.28. The van der Waals surface area contributed by atoms with E-state index in [1.54, 1.807) is 7.11 Å². The van der Waals surface area contributed by atoms with E-state index in [0.29, 0.717) is 11.0 Å². The fourth-order valence-electron chi connectivity index (χ4n) is 2.05. The highest BCUT2D eigenvalue weighted by molar-refractivity contribution is 7.80. The molecule has 21 heavy (non-hydrogen) atoms. The molecule has 0 aliphatic heterocycles. The van der Waals surface area contributed by atoms with Crippen molar-refractivity contribution in [2.24, 2.45) is 5.92 Å². The Morgan fingerprint density at radius 1 is 1.33 bits per heavy atom. The normalized spacial score (nSPS) is 11.6. The number of nitrogens with one attached hydrogen (secondary N) is 3. The Morgan fingerprint density at radius 2 is 2.14 bits per heavy atom. The molecule has 0 amide bonds. The molecule has 0 unspecified atom stereocenters. The summed E-state index contributed by atoms with van der Waals surface area (Å²) in [7, 11) is 1.65. The lowest BCUT2D eigenvalue weighted by atomic mass is 9.99. The molecule has 4 nitrogen and oxygen atoms in total. The molecule has 0 saturated carbocycles. The van der Waals surface area contributed by atoms with E-state index >= 15 is 0 Å². The van der Waals surface area contributed by atoms with E-state index in [0.717, 1.165) is 18.0 Å². The van der Waals surface area contributed by atoms with Gasteiger partial charge in [0.05, 0.1) is 12.8 Å². The molecule has 1 atom stereocenters. The van der Waals surface area contributed by atoms with Crippen molar-refractivity contribution >= 4 is 23.0 Å². The van der Waals surface area contributed by atoms with E-state index in [1.165, 1.54) is 25.7 Å². The lowest BCUT2D eigenvalue weighted by molar-refractivity contribution is 0.415. The minimum atomic E-state index is 0.618. The number of rotatable bonds is 9. The van der Waals surface area contributed by atoms with E-state index in [1.807, 2.05) is 24.3 Å². The Labute approximate surface area is 133 Å². The van der Waals surface area contributed by atoms with Gasteiger partial charge in [-0.3, -0.25) is 10.9 Å². The molecular formula is C16H27N3OS. The third-order valence-corrected chi connectivity index (χ3v) is 3.73. The number of benzene rings is 1. The lowest BCUT2D eigenvalue weighted by Gasteiger charge is -2.18. The van der Waals surface area contributed by atoms with Crippen LogP contribution in [0.3, 0.4) is 0 Å². The SMILES string of the molecule is CCCC[C@H](CC)CNC(=S)NNc1cccc(OC)c1. The standard InChI is InChI=1S/C16H27N3OS/c1-4-6-8-13(5-2)12-17-16(21)19-18-14-9-7-10-15(11-14)20-3/h7,9-11,13,18H,4-6,8,12H2,1-3H3,(H2,17,19,21)/t13-/m0/s1. The van der Waals surface area contributed by atoms with Crippen LogP contribution in [0, 0.1) is 5.92 Å². The van der Waals surface area contributed by atoms with Crippen molar-refractivity contribution in [1.82, 2.24) is 10.7 Å². The summed E-state index contributed by atoms with van der Waals surface area (Å²) in [5, 5.41) is 3.89. The predicted octanol–water partition coefficient (Wildman–Crippen LogP) is 3.70. The topological polar surface area (TPSA) is 45.3 Å². The van der Waals surface area contributed by atoms with Gasteiger partial charge in [-0.15, -0.1) is 0 Å². The molecule has 0 aliphatic carbocycles. The molecule has 0 aliphatic rings. The second kappa shape index (κ2) is 10.3. The number of hydrogen-bond donors (Lipinski definition) is 3. The maximum Gasteiger partial charge on any atom is 0.185 e. The van der Waals surface area contributed by atoms with Gasteiger partial charge in [-0.2, -0.15) is 0 Å². The van der Waals surface area contributed by atoms with Crippen molar-refractivity contribution in [3.8, 4) is 5.75 Å². The average Bonchev–Trinajstić information content (AvgIpc) is 2.53. The Kier molecular flexibility index (Phi) is 8.59. The first-order chi connectivity index (χ1) is 10.2. The molecule has 3 N–H and O–H groups in total. The van der Waals surface area contributed by atoms with Crippen LogP contribution < -0.4 is 20.9 Å². The van der Waals surface area contributed by atoms with Crippen molar-refractivity contribution in [3.05, 3.63) is 24.3 Å². The fourth-order valence-corrected chi connectivity index (χ4v) is 2.19. The van der Waals surface area contributed by atoms with Gasteiger partial charge in [0.1, 0.15) is 5.75 Å². The third-order valence-electron chi connectivity index (χ3n) is 3.48. The molecule has 0 aromatic heterocycles. The van der Waals surface area contributed by atoms with Gasteiger partial charge in [0.15, 0.2) is 5.11 Å². The van der Waals surface area contributed by atoms with Crippen LogP contribution in [0.25, 0.3) is 0 Å². The first-order valence-electron chi connectivity index (χ1n) is 7.63. The van der Waals surface area contributed by atoms with Crippen LogP contribution in [-0.4, -0.2) is 18.8 Å². The van der Waals surface area contributed by atoms with E-state index in [9.17, 15) is 0 Å². The van der Waals surface area contributed by atoms with Gasteiger partial charge in [0, 0.05) is 12.6 Å². The molecule has 1 aromatic carbocycles. The van der Waals surface area contributed by atoms with Crippen LogP contribution in [0.1, 0.15) is 39.5 Å². The highest BCUT2D eigenvalue weighted by Crippen LogP contribution is 2.15. The summed E-state index contributed by atoms with van der Waals surface area (Å²) in [6.45, 7) is 5.37. The Morgan fingerprint density at radius 3 is 2.81 bits per heavy atom. The van der Waals surface area contributed by atoms with E-state index in [2.05, 4.69) is 30.0 Å². The number of hydrazine groups is 1. The van der Waals surface area contributed by atoms with Gasteiger partial charge in [0.2, 0.25) is 0 Å². The number of ether oxygens (including phenoxy) is 1. The van der Waals surface area contributed by atoms with Crippen molar-refractivity contribution < 1.29 is 4.74 Å². The minimum Gasteiger partial charge on any atom is -0.497 e. The molecule has 0 saturated heterocycles. The number of anilines is 1. The summed E-state index contributed by atoms with van der Waals surface area (Å²) in [6.07, 6.45) is 4.96. The smallest absolute Gasteiger partial charge is 0.185 e. The number of unbranched alkanes of at least 4 members (excludes halogenated alkanes) is 1. The second-order valence-corrected chi connectivity index (χ2v) is 5.52. The Bertz CT molecular complexity index is 426. The highest BCUT2D eigenvalue weighted by Gasteiger charge is 2.06. The summed E-state index contributed by atoms with van der Waals surface area (Å²) < 4.78 is 5.18. The van der Waals surface area contributed by atoms with Crippen molar-refractivity contribution in [3.63, 3.8) is 0 Å². The molecule has 118 valence electrons. The predicted molar refractivity (Wildman–Crippen MR) is 93.7 cm³/mol. The molecule has 1 aromatic rings. The molecule has 0 spiro atoms. The van der Waals surface area contributed by atoms with Crippen molar-refractivity contribution in [1.29, 1.82) is 0 Å². The largest absolute Gasteiger partial charge is 0.497 e. The van der Waals surface area contributed by atoms with Crippen LogP contribution in [-0.2, 0) is 0 Å². The van der Waals surface area contributed by atoms with E-state index < -0.39 is 0 Å². The quantitative estimate of drug-likeness (QED) is 0.479. The number of methoxy groups -OCH3 is 1. The average molecular weight is 309 g/mol. The zero-order valence-corrected chi connectivity index (χ0v) is 14.1. The van der Waals surface area contributed by atoms with Crippen molar-refractivity contribution in [2.45, 2.75) is 39.5 Å². The van der Waals surface area contributed by atoms with Gasteiger partial charge in [-0.25, -0.2) is 0 Å². The Balaban J connectivity index is 2.29. The molecule has 1 rings (SSSR count). The van der Waals surface area contributed by atoms with Gasteiger partial charge in [-0.05, 0) is 36.7 Å². The first-order valence-corrected chi connectivity index (χ1v) is 8.04. The van der Waals surface area contributed by atoms with Gasteiger partial charge >= 0.3 is 0 Å². The summed E-state index contributed by atoms with van der Waals surface area (Å²) in [6, 6.07) is 7.69. The van der Waals surface area contributed by atoms with Crippen LogP contribution in [0.15, 0.2) is 24.3 Å². The molecule has 0 radical (unpaired) electrons. The van der Waals surface area contributed by atoms with Gasteiger partial charge < -0.3 is 10.1 Å². The maximum atomic E-state index is 5.28. The van der Waals surface area contributed by atoms with Crippen LogP contribution >= 0.6 is 12.2 Å². The zero-order chi connectivity index (χ0) is 15.5. The summed E-state index contributed by atoms with van der Waals surface area (Å²) >= 11 is 5.28. The monoisotopic (exact) mass is 309 g/mol. The van der Waals surface area contributed by atoms with Crippen LogP contribution in [0.5, 0.6) is 5.75 Å².